The van der Waals surface area contributed by atoms with Crippen molar-refractivity contribution in [3.8, 4) is 5.75 Å². The molecule has 0 unspecified atom stereocenters. The number of hydrogen-bond acceptors (Lipinski definition) is 8. The first-order valence-corrected chi connectivity index (χ1v) is 11.4. The van der Waals surface area contributed by atoms with Crippen molar-refractivity contribution in [3.63, 3.8) is 0 Å². The molecule has 0 N–H and O–H groups in total. The number of hydrogen-bond donors (Lipinski definition) is 0. The summed E-state index contributed by atoms with van der Waals surface area (Å²) in [7, 11) is -4.17. The number of para-hydroxylation sites is 1. The van der Waals surface area contributed by atoms with Gasteiger partial charge in [-0.3, -0.25) is 0 Å². The van der Waals surface area contributed by atoms with Crippen LogP contribution in [0.1, 0.15) is 0 Å². The number of ether oxygens (including phenoxy) is 2. The largest absolute Gasteiger partial charge is 0.573 e. The normalized spacial score (nSPS) is 18.6. The zero-order chi connectivity index (χ0) is 22.8. The first-order valence-electron chi connectivity index (χ1n) is 10.00. The van der Waals surface area contributed by atoms with E-state index in [2.05, 4.69) is 14.7 Å². The molecule has 0 radical (unpaired) electrons. The third kappa shape index (κ3) is 5.05. The Morgan fingerprint density at radius 1 is 0.938 bits per heavy atom. The molecule has 0 spiro atoms. The van der Waals surface area contributed by atoms with E-state index < -0.39 is 27.0 Å². The lowest BCUT2D eigenvalue weighted by Crippen LogP contribution is -2.49. The lowest BCUT2D eigenvalue weighted by atomic mass is 10.3. The van der Waals surface area contributed by atoms with E-state index >= 15 is 0 Å². The van der Waals surface area contributed by atoms with Crippen molar-refractivity contribution in [2.24, 2.45) is 0 Å². The summed E-state index contributed by atoms with van der Waals surface area (Å²) in [6.07, 6.45) is -3.34. The average molecular weight is 473 g/mol. The van der Waals surface area contributed by atoms with Gasteiger partial charge in [0.05, 0.1) is 13.2 Å². The first-order chi connectivity index (χ1) is 15.2. The van der Waals surface area contributed by atoms with Gasteiger partial charge in [-0.1, -0.05) is 12.1 Å². The second kappa shape index (κ2) is 9.08. The molecule has 2 aliphatic heterocycles. The van der Waals surface area contributed by atoms with Crippen LogP contribution < -0.4 is 14.5 Å². The van der Waals surface area contributed by atoms with Crippen molar-refractivity contribution in [2.75, 3.05) is 62.3 Å². The van der Waals surface area contributed by atoms with E-state index in [0.29, 0.717) is 51.2 Å². The van der Waals surface area contributed by atoms with E-state index in [0.717, 1.165) is 16.4 Å². The summed E-state index contributed by atoms with van der Waals surface area (Å²) >= 11 is 0. The van der Waals surface area contributed by atoms with E-state index in [9.17, 15) is 21.6 Å². The number of morpholine rings is 1. The zero-order valence-corrected chi connectivity index (χ0v) is 17.8. The minimum atomic E-state index is -4.99. The molecule has 0 atom stereocenters. The van der Waals surface area contributed by atoms with Crippen molar-refractivity contribution >= 4 is 21.8 Å². The van der Waals surface area contributed by atoms with Crippen molar-refractivity contribution in [3.05, 3.63) is 36.5 Å². The fourth-order valence-electron chi connectivity index (χ4n) is 3.60. The molecule has 2 fully saturated rings. The Labute approximate surface area is 183 Å². The van der Waals surface area contributed by atoms with Crippen molar-refractivity contribution < 1.29 is 31.1 Å². The summed E-state index contributed by atoms with van der Waals surface area (Å²) in [5.74, 6) is 0.506. The Hall–Kier alpha value is -2.64. The minimum Gasteiger partial charge on any atom is -0.404 e. The maximum absolute atomic E-state index is 13.0. The van der Waals surface area contributed by atoms with Gasteiger partial charge < -0.3 is 19.3 Å². The van der Waals surface area contributed by atoms with E-state index in [1.165, 1.54) is 12.1 Å². The number of halogens is 3. The molecule has 9 nitrogen and oxygen atoms in total. The summed E-state index contributed by atoms with van der Waals surface area (Å²) in [4.78, 5) is 12.3. The van der Waals surface area contributed by atoms with Crippen LogP contribution in [0.4, 0.5) is 24.9 Å². The van der Waals surface area contributed by atoms with Crippen molar-refractivity contribution in [1.29, 1.82) is 0 Å². The molecule has 3 heterocycles. The number of piperazine rings is 1. The van der Waals surface area contributed by atoms with Gasteiger partial charge in [0.15, 0.2) is 0 Å². The van der Waals surface area contributed by atoms with Gasteiger partial charge in [0, 0.05) is 45.5 Å². The van der Waals surface area contributed by atoms with Gasteiger partial charge in [0.25, 0.3) is 0 Å². The Morgan fingerprint density at radius 2 is 1.62 bits per heavy atom. The fourth-order valence-corrected chi connectivity index (χ4v) is 5.14. The summed E-state index contributed by atoms with van der Waals surface area (Å²) in [5, 5.41) is 0. The molecule has 2 aliphatic rings. The molecule has 0 saturated carbocycles. The summed E-state index contributed by atoms with van der Waals surface area (Å²) < 4.78 is 74.5. The van der Waals surface area contributed by atoms with Crippen LogP contribution in [0.25, 0.3) is 0 Å². The molecule has 4 rings (SSSR count). The van der Waals surface area contributed by atoms with Gasteiger partial charge >= 0.3 is 6.36 Å². The second-order valence-corrected chi connectivity index (χ2v) is 9.11. The predicted octanol–water partition coefficient (Wildman–Crippen LogP) is 1.72. The van der Waals surface area contributed by atoms with E-state index in [1.807, 2.05) is 9.80 Å². The molecule has 2 saturated heterocycles. The van der Waals surface area contributed by atoms with Gasteiger partial charge in [-0.15, -0.1) is 13.2 Å². The van der Waals surface area contributed by atoms with Crippen LogP contribution in [0.2, 0.25) is 0 Å². The predicted molar refractivity (Wildman–Crippen MR) is 109 cm³/mol. The number of nitrogens with zero attached hydrogens (tertiary/aromatic N) is 5. The standard InChI is InChI=1S/C19H22F3N5O4S/c20-19(21,22)31-15-3-1-2-4-16(15)32(28,29)27-9-7-25(8-10-27)17-5-6-23-18(24-17)26-11-13-30-14-12-26/h1-6H,7-14H2. The van der Waals surface area contributed by atoms with Gasteiger partial charge in [0.2, 0.25) is 16.0 Å². The lowest BCUT2D eigenvalue weighted by molar-refractivity contribution is -0.275. The summed E-state index contributed by atoms with van der Waals surface area (Å²) in [6, 6.07) is 6.51. The molecular weight excluding hydrogens is 451 g/mol. The topological polar surface area (TPSA) is 88.1 Å². The number of aromatic nitrogens is 2. The number of anilines is 2. The van der Waals surface area contributed by atoms with E-state index in [1.54, 1.807) is 12.3 Å². The van der Waals surface area contributed by atoms with Crippen LogP contribution in [-0.4, -0.2) is 81.5 Å². The SMILES string of the molecule is O=S(=O)(c1ccccc1OC(F)(F)F)N1CCN(c2ccnc(N3CCOCC3)n2)CC1. The zero-order valence-electron chi connectivity index (χ0n) is 17.0. The lowest BCUT2D eigenvalue weighted by Gasteiger charge is -2.35. The van der Waals surface area contributed by atoms with Crippen LogP contribution in [0.3, 0.4) is 0 Å². The monoisotopic (exact) mass is 473 g/mol. The van der Waals surface area contributed by atoms with Gasteiger partial charge in [-0.05, 0) is 18.2 Å². The van der Waals surface area contributed by atoms with Gasteiger partial charge in [-0.2, -0.15) is 9.29 Å². The number of rotatable bonds is 5. The highest BCUT2D eigenvalue weighted by Gasteiger charge is 2.36. The van der Waals surface area contributed by atoms with Crippen LogP contribution in [-0.2, 0) is 14.8 Å². The average Bonchev–Trinajstić information content (AvgIpc) is 2.79. The van der Waals surface area contributed by atoms with Gasteiger partial charge in [-0.25, -0.2) is 13.4 Å². The Kier molecular flexibility index (Phi) is 6.40. The van der Waals surface area contributed by atoms with Crippen molar-refractivity contribution in [2.45, 2.75) is 11.3 Å². The van der Waals surface area contributed by atoms with Crippen LogP contribution in [0.5, 0.6) is 5.75 Å². The van der Waals surface area contributed by atoms with Gasteiger partial charge in [0.1, 0.15) is 16.5 Å². The Bertz CT molecular complexity index is 1040. The second-order valence-electron chi connectivity index (χ2n) is 7.20. The number of benzene rings is 1. The maximum atomic E-state index is 13.0. The molecule has 0 aliphatic carbocycles. The molecule has 32 heavy (non-hydrogen) atoms. The summed E-state index contributed by atoms with van der Waals surface area (Å²) in [6.45, 7) is 3.44. The molecule has 1 aromatic carbocycles. The Morgan fingerprint density at radius 3 is 2.31 bits per heavy atom. The van der Waals surface area contributed by atoms with E-state index in [4.69, 9.17) is 4.74 Å². The molecule has 2 aromatic rings. The number of sulfonamides is 1. The van der Waals surface area contributed by atoms with Crippen LogP contribution >= 0.6 is 0 Å². The first kappa shape index (κ1) is 22.6. The molecular formula is C19H22F3N5O4S. The third-order valence-corrected chi connectivity index (χ3v) is 7.12. The molecule has 13 heteroatoms. The smallest absolute Gasteiger partial charge is 0.404 e. The van der Waals surface area contributed by atoms with Crippen molar-refractivity contribution in [1.82, 2.24) is 14.3 Å². The summed E-state index contributed by atoms with van der Waals surface area (Å²) in [5.41, 5.74) is 0. The maximum Gasteiger partial charge on any atom is 0.573 e. The highest BCUT2D eigenvalue weighted by Crippen LogP contribution is 2.32. The van der Waals surface area contributed by atoms with Crippen LogP contribution in [0, 0.1) is 0 Å². The molecule has 1 aromatic heterocycles. The quantitative estimate of drug-likeness (QED) is 0.649. The fraction of sp³-hybridized carbons (Fsp3) is 0.474. The highest BCUT2D eigenvalue weighted by molar-refractivity contribution is 7.89. The van der Waals surface area contributed by atoms with Crippen LogP contribution in [0.15, 0.2) is 41.4 Å². The molecule has 174 valence electrons. The third-order valence-electron chi connectivity index (χ3n) is 5.18. The number of alkyl halides is 3. The molecule has 0 bridgehead atoms. The minimum absolute atomic E-state index is 0.0968. The van der Waals surface area contributed by atoms with E-state index in [-0.39, 0.29) is 13.1 Å². The Balaban J connectivity index is 1.46. The molecule has 0 amide bonds. The highest BCUT2D eigenvalue weighted by atomic mass is 32.2.